The number of nitrogens with one attached hydrogen (secondary N) is 2. The minimum Gasteiger partial charge on any atom is -0.497 e. The number of hydrogen-bond donors (Lipinski definition) is 2. The lowest BCUT2D eigenvalue weighted by atomic mass is 10.0. The summed E-state index contributed by atoms with van der Waals surface area (Å²) in [6, 6.07) is 6.48. The Labute approximate surface area is 108 Å². The predicted octanol–water partition coefficient (Wildman–Crippen LogP) is 0.725. The lowest BCUT2D eigenvalue weighted by molar-refractivity contribution is 0.413. The van der Waals surface area contributed by atoms with Crippen molar-refractivity contribution in [1.82, 2.24) is 10.0 Å². The van der Waals surface area contributed by atoms with E-state index in [0.29, 0.717) is 12.3 Å². The van der Waals surface area contributed by atoms with Gasteiger partial charge in [0.25, 0.3) is 0 Å². The molecule has 0 aromatic heterocycles. The van der Waals surface area contributed by atoms with Gasteiger partial charge in [0, 0.05) is 18.2 Å². The molecule has 5 nitrogen and oxygen atoms in total. The summed E-state index contributed by atoms with van der Waals surface area (Å²) < 4.78 is 32.3. The van der Waals surface area contributed by atoms with Crippen LogP contribution in [-0.4, -0.2) is 34.2 Å². The molecule has 0 bridgehead atoms. The van der Waals surface area contributed by atoms with Crippen LogP contribution in [0.25, 0.3) is 0 Å². The van der Waals surface area contributed by atoms with Gasteiger partial charge in [0.15, 0.2) is 0 Å². The smallest absolute Gasteiger partial charge is 0.241 e. The summed E-state index contributed by atoms with van der Waals surface area (Å²) in [5.41, 5.74) is -0.415. The van der Waals surface area contributed by atoms with E-state index in [0.717, 1.165) is 13.0 Å². The van der Waals surface area contributed by atoms with Gasteiger partial charge in [-0.15, -0.1) is 0 Å². The molecule has 1 aromatic rings. The van der Waals surface area contributed by atoms with E-state index in [1.807, 2.05) is 6.92 Å². The van der Waals surface area contributed by atoms with Crippen LogP contribution in [-0.2, 0) is 10.0 Å². The number of sulfonamides is 1. The third kappa shape index (κ3) is 2.82. The van der Waals surface area contributed by atoms with Crippen LogP contribution in [0.2, 0.25) is 0 Å². The Hall–Kier alpha value is -1.11. The van der Waals surface area contributed by atoms with E-state index < -0.39 is 15.6 Å². The zero-order valence-corrected chi connectivity index (χ0v) is 11.4. The molecule has 1 fully saturated rings. The molecular weight excluding hydrogens is 252 g/mol. The van der Waals surface area contributed by atoms with Gasteiger partial charge in [-0.1, -0.05) is 6.07 Å². The Balaban J connectivity index is 2.24. The van der Waals surface area contributed by atoms with Crippen molar-refractivity contribution in [3.05, 3.63) is 24.3 Å². The van der Waals surface area contributed by atoms with Gasteiger partial charge in [0.1, 0.15) is 5.75 Å². The molecule has 1 saturated heterocycles. The summed E-state index contributed by atoms with van der Waals surface area (Å²) in [5, 5.41) is 3.16. The highest BCUT2D eigenvalue weighted by Gasteiger charge is 2.33. The first kappa shape index (κ1) is 13.3. The minimum absolute atomic E-state index is 0.231. The molecular formula is C12H18N2O3S. The lowest BCUT2D eigenvalue weighted by Crippen LogP contribution is -2.47. The average Bonchev–Trinajstić information content (AvgIpc) is 2.75. The quantitative estimate of drug-likeness (QED) is 0.846. The van der Waals surface area contributed by atoms with Gasteiger partial charge in [0.2, 0.25) is 10.0 Å². The summed E-state index contributed by atoms with van der Waals surface area (Å²) in [7, 11) is -1.99. The Morgan fingerprint density at radius 2 is 2.22 bits per heavy atom. The molecule has 0 saturated carbocycles. The van der Waals surface area contributed by atoms with Gasteiger partial charge >= 0.3 is 0 Å². The van der Waals surface area contributed by atoms with E-state index in [1.165, 1.54) is 13.2 Å². The van der Waals surface area contributed by atoms with Gasteiger partial charge < -0.3 is 10.1 Å². The highest BCUT2D eigenvalue weighted by Crippen LogP contribution is 2.21. The van der Waals surface area contributed by atoms with Crippen molar-refractivity contribution in [3.8, 4) is 5.75 Å². The fourth-order valence-corrected chi connectivity index (χ4v) is 3.53. The van der Waals surface area contributed by atoms with Gasteiger partial charge in [-0.2, -0.15) is 0 Å². The van der Waals surface area contributed by atoms with Crippen LogP contribution in [0.4, 0.5) is 0 Å². The third-order valence-electron chi connectivity index (χ3n) is 3.10. The summed E-state index contributed by atoms with van der Waals surface area (Å²) in [5.74, 6) is 0.535. The van der Waals surface area contributed by atoms with Crippen LogP contribution in [0.1, 0.15) is 13.3 Å². The van der Waals surface area contributed by atoms with Gasteiger partial charge in [-0.3, -0.25) is 0 Å². The van der Waals surface area contributed by atoms with E-state index in [4.69, 9.17) is 4.74 Å². The number of benzene rings is 1. The van der Waals surface area contributed by atoms with Crippen LogP contribution < -0.4 is 14.8 Å². The summed E-state index contributed by atoms with van der Waals surface area (Å²) in [6.45, 7) is 3.39. The fourth-order valence-electron chi connectivity index (χ4n) is 2.06. The Morgan fingerprint density at radius 1 is 1.44 bits per heavy atom. The van der Waals surface area contributed by atoms with Crippen LogP contribution in [0.3, 0.4) is 0 Å². The van der Waals surface area contributed by atoms with Crippen LogP contribution >= 0.6 is 0 Å². The molecule has 18 heavy (non-hydrogen) atoms. The van der Waals surface area contributed by atoms with Crippen LogP contribution in [0.15, 0.2) is 29.2 Å². The SMILES string of the molecule is COc1cccc(S(=O)(=O)NC2(C)CCNC2)c1. The average molecular weight is 270 g/mol. The molecule has 0 amide bonds. The highest BCUT2D eigenvalue weighted by atomic mass is 32.2. The van der Waals surface area contributed by atoms with Crippen molar-refractivity contribution >= 4 is 10.0 Å². The minimum atomic E-state index is -3.50. The molecule has 0 radical (unpaired) electrons. The number of rotatable bonds is 4. The van der Waals surface area contributed by atoms with Crippen molar-refractivity contribution in [2.75, 3.05) is 20.2 Å². The van der Waals surface area contributed by atoms with E-state index >= 15 is 0 Å². The fraction of sp³-hybridized carbons (Fsp3) is 0.500. The van der Waals surface area contributed by atoms with Crippen molar-refractivity contribution in [2.24, 2.45) is 0 Å². The maximum absolute atomic E-state index is 12.3. The normalized spacial score (nSPS) is 24.1. The van der Waals surface area contributed by atoms with Gasteiger partial charge in [-0.05, 0) is 32.0 Å². The third-order valence-corrected chi connectivity index (χ3v) is 4.74. The van der Waals surface area contributed by atoms with Crippen LogP contribution in [0, 0.1) is 0 Å². The zero-order chi connectivity index (χ0) is 13.2. The second-order valence-corrected chi connectivity index (χ2v) is 6.45. The maximum Gasteiger partial charge on any atom is 0.241 e. The van der Waals surface area contributed by atoms with Crippen molar-refractivity contribution in [3.63, 3.8) is 0 Å². The molecule has 2 N–H and O–H groups in total. The number of ether oxygens (including phenoxy) is 1. The standard InChI is InChI=1S/C12H18N2O3S/c1-12(6-7-13-9-12)14-18(15,16)11-5-3-4-10(8-11)17-2/h3-5,8,13-14H,6-7,9H2,1-2H3. The monoisotopic (exact) mass is 270 g/mol. The first-order chi connectivity index (χ1) is 8.45. The lowest BCUT2D eigenvalue weighted by Gasteiger charge is -2.24. The van der Waals surface area contributed by atoms with E-state index in [2.05, 4.69) is 10.0 Å². The summed E-state index contributed by atoms with van der Waals surface area (Å²) >= 11 is 0. The van der Waals surface area contributed by atoms with E-state index in [-0.39, 0.29) is 4.90 Å². The zero-order valence-electron chi connectivity index (χ0n) is 10.6. The Morgan fingerprint density at radius 3 is 2.83 bits per heavy atom. The predicted molar refractivity (Wildman–Crippen MR) is 69.2 cm³/mol. The molecule has 0 aliphatic carbocycles. The van der Waals surface area contributed by atoms with Crippen molar-refractivity contribution < 1.29 is 13.2 Å². The largest absolute Gasteiger partial charge is 0.497 e. The molecule has 0 spiro atoms. The molecule has 6 heteroatoms. The molecule has 100 valence electrons. The molecule has 1 heterocycles. The second-order valence-electron chi connectivity index (χ2n) is 4.77. The summed E-state index contributed by atoms with van der Waals surface area (Å²) in [6.07, 6.45) is 0.788. The first-order valence-electron chi connectivity index (χ1n) is 5.84. The molecule has 1 atom stereocenters. The second kappa shape index (κ2) is 4.87. The first-order valence-corrected chi connectivity index (χ1v) is 7.32. The molecule has 2 rings (SSSR count). The van der Waals surface area contributed by atoms with Crippen molar-refractivity contribution in [2.45, 2.75) is 23.8 Å². The van der Waals surface area contributed by atoms with Crippen LogP contribution in [0.5, 0.6) is 5.75 Å². The Bertz CT molecular complexity index is 522. The van der Waals surface area contributed by atoms with Gasteiger partial charge in [-0.25, -0.2) is 13.1 Å². The van der Waals surface area contributed by atoms with E-state index in [1.54, 1.807) is 18.2 Å². The molecule has 1 unspecified atom stereocenters. The molecule has 1 aliphatic heterocycles. The number of hydrogen-bond acceptors (Lipinski definition) is 4. The summed E-state index contributed by atoms with van der Waals surface area (Å²) in [4.78, 5) is 0.231. The maximum atomic E-state index is 12.3. The highest BCUT2D eigenvalue weighted by molar-refractivity contribution is 7.89. The molecule has 1 aromatic carbocycles. The van der Waals surface area contributed by atoms with Crippen molar-refractivity contribution in [1.29, 1.82) is 0 Å². The van der Waals surface area contributed by atoms with E-state index in [9.17, 15) is 8.42 Å². The van der Waals surface area contributed by atoms with Gasteiger partial charge in [0.05, 0.1) is 12.0 Å². The number of methoxy groups -OCH3 is 1. The Kier molecular flexibility index (Phi) is 3.61. The topological polar surface area (TPSA) is 67.4 Å². The molecule has 1 aliphatic rings.